The molecule has 3 rings (SSSR count). The lowest BCUT2D eigenvalue weighted by Gasteiger charge is -2.29. The molecule has 3 amide bonds. The van der Waals surface area contributed by atoms with Gasteiger partial charge in [0.25, 0.3) is 17.7 Å². The first kappa shape index (κ1) is 23.9. The lowest BCUT2D eigenvalue weighted by molar-refractivity contribution is -0.123. The second-order valence-corrected chi connectivity index (χ2v) is 7.70. The number of hydrogen-bond donors (Lipinski definition) is 3. The Kier molecular flexibility index (Phi) is 7.41. The first-order valence-corrected chi connectivity index (χ1v) is 10.5. The van der Waals surface area contributed by atoms with Crippen LogP contribution in [0.25, 0.3) is 0 Å². The Hall–Kier alpha value is -3.77. The van der Waals surface area contributed by atoms with Crippen molar-refractivity contribution in [2.24, 2.45) is 5.73 Å². The zero-order valence-corrected chi connectivity index (χ0v) is 18.6. The molecule has 2 aromatic heterocycles. The Morgan fingerprint density at radius 2 is 1.94 bits per heavy atom. The number of carbonyl (C=O) groups excluding carboxylic acids is 3. The smallest absolute Gasteiger partial charge is 0.273 e. The van der Waals surface area contributed by atoms with E-state index in [0.29, 0.717) is 17.3 Å². The summed E-state index contributed by atoms with van der Waals surface area (Å²) < 4.78 is 28.1. The lowest BCUT2D eigenvalue weighted by atomic mass is 10.1. The Balaban J connectivity index is 2.14. The maximum atomic E-state index is 13.7. The summed E-state index contributed by atoms with van der Waals surface area (Å²) in [5.74, 6) is -2.07. The highest BCUT2D eigenvalue weighted by atomic mass is 32.1. The van der Waals surface area contributed by atoms with Gasteiger partial charge < -0.3 is 25.9 Å². The van der Waals surface area contributed by atoms with Crippen LogP contribution in [0.5, 0.6) is 0 Å². The molecule has 0 unspecified atom stereocenters. The lowest BCUT2D eigenvalue weighted by Crippen LogP contribution is -2.44. The van der Waals surface area contributed by atoms with Crippen LogP contribution in [-0.2, 0) is 9.53 Å². The normalized spacial score (nSPS) is 11.7. The number of rotatable bonds is 9. The summed E-state index contributed by atoms with van der Waals surface area (Å²) in [6.07, 6.45) is 0. The number of aryl methyl sites for hydroxylation is 1. The average Bonchev–Trinajstić information content (AvgIpc) is 3.38. The summed E-state index contributed by atoms with van der Waals surface area (Å²) in [7, 11) is 1.48. The van der Waals surface area contributed by atoms with Gasteiger partial charge in [-0.3, -0.25) is 19.3 Å². The molecule has 5 N–H and O–H groups in total. The third kappa shape index (κ3) is 5.18. The Bertz CT molecular complexity index is 1160. The fourth-order valence-electron chi connectivity index (χ4n) is 3.07. The van der Waals surface area contributed by atoms with Gasteiger partial charge in [-0.2, -0.15) is 4.37 Å². The minimum absolute atomic E-state index is 0.105. The molecular weight excluding hydrogens is 453 g/mol. The second kappa shape index (κ2) is 10.2. The van der Waals surface area contributed by atoms with Gasteiger partial charge in [-0.05, 0) is 54.9 Å². The van der Waals surface area contributed by atoms with Gasteiger partial charge in [0.15, 0.2) is 11.7 Å². The zero-order chi connectivity index (χ0) is 24.1. The predicted molar refractivity (Wildman–Crippen MR) is 119 cm³/mol. The number of amides is 3. The predicted octanol–water partition coefficient (Wildman–Crippen LogP) is 2.02. The van der Waals surface area contributed by atoms with Crippen LogP contribution in [0, 0.1) is 12.7 Å². The molecule has 33 heavy (non-hydrogen) atoms. The molecule has 0 aliphatic heterocycles. The average molecular weight is 476 g/mol. The molecule has 10 nitrogen and oxygen atoms in total. The van der Waals surface area contributed by atoms with Gasteiger partial charge in [-0.25, -0.2) is 4.39 Å². The van der Waals surface area contributed by atoms with E-state index >= 15 is 0 Å². The van der Waals surface area contributed by atoms with Crippen molar-refractivity contribution in [2.75, 3.05) is 30.9 Å². The molecule has 0 fully saturated rings. The number of nitrogens with one attached hydrogen (secondary N) is 1. The molecule has 0 spiro atoms. The summed E-state index contributed by atoms with van der Waals surface area (Å²) >= 11 is 0.666. The monoisotopic (exact) mass is 475 g/mol. The topological polar surface area (TPSA) is 154 Å². The number of aromatic nitrogens is 1. The Labute approximate surface area is 192 Å². The zero-order valence-electron chi connectivity index (χ0n) is 17.8. The summed E-state index contributed by atoms with van der Waals surface area (Å²) in [4.78, 5) is 39.5. The number of primary amides is 1. The van der Waals surface area contributed by atoms with Gasteiger partial charge in [0.05, 0.1) is 12.3 Å². The van der Waals surface area contributed by atoms with Crippen LogP contribution in [0.3, 0.4) is 0 Å². The van der Waals surface area contributed by atoms with Crippen LogP contribution in [0.4, 0.5) is 15.8 Å². The first-order valence-electron chi connectivity index (χ1n) is 9.71. The van der Waals surface area contributed by atoms with Crippen LogP contribution in [0.1, 0.15) is 37.7 Å². The van der Waals surface area contributed by atoms with Gasteiger partial charge in [0.2, 0.25) is 0 Å². The number of carbonyl (C=O) groups is 3. The first-order chi connectivity index (χ1) is 15.7. The van der Waals surface area contributed by atoms with Crippen molar-refractivity contribution >= 4 is 40.6 Å². The summed E-state index contributed by atoms with van der Waals surface area (Å²) in [5.41, 5.74) is 11.0. The molecular formula is C21H22FN5O5S. The van der Waals surface area contributed by atoms with Gasteiger partial charge in [-0.15, -0.1) is 0 Å². The van der Waals surface area contributed by atoms with E-state index in [0.717, 1.165) is 17.0 Å². The molecule has 0 aliphatic carbocycles. The maximum absolute atomic E-state index is 13.7. The van der Waals surface area contributed by atoms with Crippen molar-refractivity contribution in [1.29, 1.82) is 0 Å². The van der Waals surface area contributed by atoms with Gasteiger partial charge in [0.1, 0.15) is 22.2 Å². The van der Waals surface area contributed by atoms with Crippen LogP contribution in [0.15, 0.2) is 40.8 Å². The highest BCUT2D eigenvalue weighted by Crippen LogP contribution is 2.33. The second-order valence-electron chi connectivity index (χ2n) is 6.92. The highest BCUT2D eigenvalue weighted by molar-refractivity contribution is 7.09. The standard InChI is InChI=1S/C21H22FN5O5S/c1-11-3-8-14(32-11)17(20(29)25-9-10-31-2)27(13-6-4-12(22)5-7-13)21(30)18-15(23)16(19(24)28)26-33-18/h3-8,17H,9-10,23H2,1-2H3,(H2,24,28)(H,25,29)/t17-/m0/s1. The van der Waals surface area contributed by atoms with Crippen molar-refractivity contribution in [3.63, 3.8) is 0 Å². The van der Waals surface area contributed by atoms with E-state index in [4.69, 9.17) is 20.6 Å². The molecule has 0 saturated heterocycles. The van der Waals surface area contributed by atoms with E-state index in [1.54, 1.807) is 19.1 Å². The minimum atomic E-state index is -1.29. The number of furan rings is 1. The number of halogens is 1. The van der Waals surface area contributed by atoms with E-state index in [2.05, 4.69) is 9.69 Å². The molecule has 0 radical (unpaired) electrons. The van der Waals surface area contributed by atoms with Crippen LogP contribution in [-0.4, -0.2) is 42.4 Å². The van der Waals surface area contributed by atoms with Crippen molar-refractivity contribution in [3.8, 4) is 0 Å². The Morgan fingerprint density at radius 3 is 2.48 bits per heavy atom. The number of hydrogen-bond acceptors (Lipinski definition) is 8. The minimum Gasteiger partial charge on any atom is -0.464 e. The number of ether oxygens (including phenoxy) is 1. The number of benzene rings is 1. The third-order valence-corrected chi connectivity index (χ3v) is 5.47. The SMILES string of the molecule is COCCNC(=O)[C@H](c1ccc(C)o1)N(C(=O)c1snc(C(N)=O)c1N)c1ccc(F)cc1. The number of nitrogens with two attached hydrogens (primary N) is 2. The van der Waals surface area contributed by atoms with Gasteiger partial charge in [-0.1, -0.05) is 0 Å². The fraction of sp³-hybridized carbons (Fsp3) is 0.238. The van der Waals surface area contributed by atoms with Crippen molar-refractivity contribution in [3.05, 3.63) is 64.3 Å². The maximum Gasteiger partial charge on any atom is 0.273 e. The van der Waals surface area contributed by atoms with Crippen molar-refractivity contribution in [2.45, 2.75) is 13.0 Å². The number of anilines is 2. The molecule has 1 atom stereocenters. The van der Waals surface area contributed by atoms with Crippen LogP contribution in [0.2, 0.25) is 0 Å². The third-order valence-electron chi connectivity index (χ3n) is 4.62. The van der Waals surface area contributed by atoms with E-state index in [-0.39, 0.29) is 40.9 Å². The molecule has 0 bridgehead atoms. The molecule has 3 aromatic rings. The van der Waals surface area contributed by atoms with E-state index in [1.165, 1.54) is 19.2 Å². The fourth-order valence-corrected chi connectivity index (χ4v) is 3.81. The molecule has 2 heterocycles. The van der Waals surface area contributed by atoms with Crippen molar-refractivity contribution in [1.82, 2.24) is 9.69 Å². The quantitative estimate of drug-likeness (QED) is 0.400. The number of nitrogen functional groups attached to an aromatic ring is 1. The number of nitrogens with zero attached hydrogens (tertiary/aromatic N) is 2. The van der Waals surface area contributed by atoms with E-state index in [1.807, 2.05) is 0 Å². The molecule has 1 aromatic carbocycles. The van der Waals surface area contributed by atoms with E-state index in [9.17, 15) is 18.8 Å². The summed E-state index contributed by atoms with van der Waals surface area (Å²) in [5, 5.41) is 2.69. The van der Waals surface area contributed by atoms with Gasteiger partial charge in [0, 0.05) is 19.3 Å². The van der Waals surface area contributed by atoms with Crippen molar-refractivity contribution < 1.29 is 27.9 Å². The molecule has 174 valence electrons. The Morgan fingerprint density at radius 1 is 1.24 bits per heavy atom. The van der Waals surface area contributed by atoms with Crippen LogP contribution < -0.4 is 21.7 Å². The summed E-state index contributed by atoms with van der Waals surface area (Å²) in [6, 6.07) is 6.89. The number of methoxy groups -OCH3 is 1. The molecule has 0 aliphatic rings. The largest absolute Gasteiger partial charge is 0.464 e. The summed E-state index contributed by atoms with van der Waals surface area (Å²) in [6.45, 7) is 2.10. The van der Waals surface area contributed by atoms with E-state index < -0.39 is 29.6 Å². The van der Waals surface area contributed by atoms with Crippen LogP contribution >= 0.6 is 11.5 Å². The van der Waals surface area contributed by atoms with Gasteiger partial charge >= 0.3 is 0 Å². The molecule has 0 saturated carbocycles. The molecule has 12 heteroatoms. The highest BCUT2D eigenvalue weighted by Gasteiger charge is 2.37.